The molecule has 2 heterocycles. The average molecular weight is 344 g/mol. The van der Waals surface area contributed by atoms with E-state index in [1.54, 1.807) is 0 Å². The van der Waals surface area contributed by atoms with Crippen LogP contribution in [0.25, 0.3) is 10.2 Å². The number of benzene rings is 2. The molecule has 0 spiro atoms. The lowest BCUT2D eigenvalue weighted by molar-refractivity contribution is 0.0998. The molecule has 0 fully saturated rings. The van der Waals surface area contributed by atoms with E-state index in [4.69, 9.17) is 9.47 Å². The van der Waals surface area contributed by atoms with Gasteiger partial charge in [-0.15, -0.1) is 0 Å². The number of amides is 1. The van der Waals surface area contributed by atoms with Crippen molar-refractivity contribution in [2.75, 3.05) is 13.2 Å². The first kappa shape index (κ1) is 14.9. The summed E-state index contributed by atoms with van der Waals surface area (Å²) in [5.74, 6) is 0.601. The molecule has 4 rings (SSSR count). The summed E-state index contributed by atoms with van der Waals surface area (Å²) in [4.78, 5) is 17.0. The second-order valence-corrected chi connectivity index (χ2v) is 6.34. The normalized spacial score (nSPS) is 14.2. The van der Waals surface area contributed by atoms with Gasteiger partial charge in [-0.1, -0.05) is 11.3 Å². The van der Waals surface area contributed by atoms with Gasteiger partial charge < -0.3 is 14.0 Å². The Bertz CT molecular complexity index is 1010. The number of thiazole rings is 1. The summed E-state index contributed by atoms with van der Waals surface area (Å²) < 4.78 is 26.9. The maximum atomic E-state index is 13.0. The number of nitrogens with zero attached hydrogens (tertiary/aromatic N) is 2. The van der Waals surface area contributed by atoms with Crippen LogP contribution in [0.5, 0.6) is 11.5 Å². The van der Waals surface area contributed by atoms with Crippen molar-refractivity contribution in [1.29, 1.82) is 0 Å². The highest BCUT2D eigenvalue weighted by Crippen LogP contribution is 2.35. The number of hydrogen-bond acceptors (Lipinski definition) is 4. The second-order valence-electron chi connectivity index (χ2n) is 5.33. The monoisotopic (exact) mass is 344 g/mol. The second kappa shape index (κ2) is 5.76. The van der Waals surface area contributed by atoms with E-state index < -0.39 is 5.91 Å². The van der Waals surface area contributed by atoms with Gasteiger partial charge in [0.05, 0.1) is 10.2 Å². The van der Waals surface area contributed by atoms with E-state index in [0.717, 1.165) is 10.2 Å². The van der Waals surface area contributed by atoms with Crippen LogP contribution in [0.1, 0.15) is 10.4 Å². The first-order valence-electron chi connectivity index (χ1n) is 7.35. The summed E-state index contributed by atoms with van der Waals surface area (Å²) >= 11 is 1.39. The molecule has 0 radical (unpaired) electrons. The van der Waals surface area contributed by atoms with Gasteiger partial charge in [-0.25, -0.2) is 4.39 Å². The zero-order chi connectivity index (χ0) is 16.7. The number of carbonyl (C=O) groups is 1. The highest BCUT2D eigenvalue weighted by Gasteiger charge is 2.15. The molecule has 1 amide bonds. The molecular weight excluding hydrogens is 331 g/mol. The fourth-order valence-electron chi connectivity index (χ4n) is 2.51. The minimum atomic E-state index is -0.408. The molecule has 7 heteroatoms. The van der Waals surface area contributed by atoms with E-state index in [1.807, 2.05) is 23.7 Å². The summed E-state index contributed by atoms with van der Waals surface area (Å²) in [5.41, 5.74) is 1.26. The van der Waals surface area contributed by atoms with Crippen LogP contribution >= 0.6 is 11.3 Å². The van der Waals surface area contributed by atoms with Gasteiger partial charge in [0.2, 0.25) is 0 Å². The Labute approximate surface area is 140 Å². The van der Waals surface area contributed by atoms with Gasteiger partial charge in [0.25, 0.3) is 5.91 Å². The van der Waals surface area contributed by atoms with Crippen molar-refractivity contribution in [1.82, 2.24) is 4.57 Å². The lowest BCUT2D eigenvalue weighted by Crippen LogP contribution is -2.15. The van der Waals surface area contributed by atoms with E-state index in [9.17, 15) is 9.18 Å². The third-order valence-corrected chi connectivity index (χ3v) is 4.86. The Hall–Kier alpha value is -2.67. The van der Waals surface area contributed by atoms with E-state index >= 15 is 0 Å². The molecule has 0 N–H and O–H groups in total. The third-order valence-electron chi connectivity index (χ3n) is 3.76. The lowest BCUT2D eigenvalue weighted by atomic mass is 10.2. The third kappa shape index (κ3) is 2.56. The van der Waals surface area contributed by atoms with Gasteiger partial charge in [0.1, 0.15) is 19.0 Å². The van der Waals surface area contributed by atoms with Crippen molar-refractivity contribution in [3.63, 3.8) is 0 Å². The molecule has 24 heavy (non-hydrogen) atoms. The molecule has 1 aromatic heterocycles. The van der Waals surface area contributed by atoms with Crippen molar-refractivity contribution in [2.24, 2.45) is 12.0 Å². The van der Waals surface area contributed by atoms with Gasteiger partial charge in [0.15, 0.2) is 16.3 Å². The van der Waals surface area contributed by atoms with Gasteiger partial charge in [-0.2, -0.15) is 4.99 Å². The maximum absolute atomic E-state index is 13.0. The number of ether oxygens (including phenoxy) is 2. The number of aryl methyl sites for hydroxylation is 1. The molecule has 3 aromatic rings. The minimum absolute atomic E-state index is 0.347. The summed E-state index contributed by atoms with van der Waals surface area (Å²) in [7, 11) is 1.84. The van der Waals surface area contributed by atoms with Crippen LogP contribution in [0.3, 0.4) is 0 Å². The molecule has 0 atom stereocenters. The highest BCUT2D eigenvalue weighted by atomic mass is 32.1. The number of rotatable bonds is 1. The fourth-order valence-corrected chi connectivity index (χ4v) is 3.54. The van der Waals surface area contributed by atoms with E-state index in [2.05, 4.69) is 4.99 Å². The van der Waals surface area contributed by atoms with Gasteiger partial charge in [0, 0.05) is 24.7 Å². The quantitative estimate of drug-likeness (QED) is 0.682. The SMILES string of the molecule is Cn1c(=NC(=O)c2ccc(F)cc2)sc2cc3c(cc21)OCCO3. The number of halogens is 1. The van der Waals surface area contributed by atoms with Crippen LogP contribution in [-0.2, 0) is 7.05 Å². The van der Waals surface area contributed by atoms with E-state index in [-0.39, 0.29) is 5.82 Å². The molecule has 5 nitrogen and oxygen atoms in total. The Morgan fingerprint density at radius 2 is 1.83 bits per heavy atom. The molecule has 0 saturated heterocycles. The lowest BCUT2D eigenvalue weighted by Gasteiger charge is -2.18. The first-order chi connectivity index (χ1) is 11.6. The molecule has 2 aromatic carbocycles. The van der Waals surface area contributed by atoms with Crippen molar-refractivity contribution >= 4 is 27.5 Å². The number of hydrogen-bond donors (Lipinski definition) is 0. The summed E-state index contributed by atoms with van der Waals surface area (Å²) in [6.07, 6.45) is 0. The van der Waals surface area contributed by atoms with E-state index in [1.165, 1.54) is 35.6 Å². The van der Waals surface area contributed by atoms with Crippen molar-refractivity contribution < 1.29 is 18.7 Å². The van der Waals surface area contributed by atoms with Crippen LogP contribution in [0.15, 0.2) is 41.4 Å². The fraction of sp³-hybridized carbons (Fsp3) is 0.176. The van der Waals surface area contributed by atoms with Crippen molar-refractivity contribution in [2.45, 2.75) is 0 Å². The van der Waals surface area contributed by atoms with Crippen LogP contribution in [-0.4, -0.2) is 23.7 Å². The smallest absolute Gasteiger partial charge is 0.279 e. The molecule has 1 aliphatic heterocycles. The van der Waals surface area contributed by atoms with Gasteiger partial charge in [-0.05, 0) is 24.3 Å². The molecular formula is C17H13FN2O3S. The molecule has 0 aliphatic carbocycles. The van der Waals surface area contributed by atoms with Crippen LogP contribution < -0.4 is 14.3 Å². The highest BCUT2D eigenvalue weighted by molar-refractivity contribution is 7.16. The molecule has 0 bridgehead atoms. The average Bonchev–Trinajstić information content (AvgIpc) is 2.89. The largest absolute Gasteiger partial charge is 0.486 e. The zero-order valence-electron chi connectivity index (χ0n) is 12.8. The Kier molecular flexibility index (Phi) is 3.57. The zero-order valence-corrected chi connectivity index (χ0v) is 13.6. The molecule has 0 saturated carbocycles. The van der Waals surface area contributed by atoms with Gasteiger partial charge in [-0.3, -0.25) is 4.79 Å². The number of fused-ring (bicyclic) bond motifs is 2. The van der Waals surface area contributed by atoms with E-state index in [0.29, 0.717) is 35.1 Å². The summed E-state index contributed by atoms with van der Waals surface area (Å²) in [6.45, 7) is 1.04. The van der Waals surface area contributed by atoms with Crippen LogP contribution in [0, 0.1) is 5.82 Å². The number of aromatic nitrogens is 1. The van der Waals surface area contributed by atoms with Crippen molar-refractivity contribution in [3.8, 4) is 11.5 Å². The molecule has 0 unspecified atom stereocenters. The molecule has 122 valence electrons. The van der Waals surface area contributed by atoms with Gasteiger partial charge >= 0.3 is 0 Å². The van der Waals surface area contributed by atoms with Crippen molar-refractivity contribution in [3.05, 3.63) is 52.6 Å². The predicted molar refractivity (Wildman–Crippen MR) is 88.1 cm³/mol. The maximum Gasteiger partial charge on any atom is 0.279 e. The summed E-state index contributed by atoms with van der Waals surface area (Å²) in [5, 5.41) is 0. The predicted octanol–water partition coefficient (Wildman–Crippen LogP) is 2.89. The Balaban J connectivity index is 1.80. The minimum Gasteiger partial charge on any atom is -0.486 e. The summed E-state index contributed by atoms with van der Waals surface area (Å²) in [6, 6.07) is 9.13. The first-order valence-corrected chi connectivity index (χ1v) is 8.17. The Morgan fingerprint density at radius 1 is 1.17 bits per heavy atom. The van der Waals surface area contributed by atoms with Crippen LogP contribution in [0.2, 0.25) is 0 Å². The standard InChI is InChI=1S/C17H13FN2O3S/c1-20-12-8-13-14(23-7-6-22-13)9-15(12)24-17(20)19-16(21)10-2-4-11(18)5-3-10/h2-5,8-9H,6-7H2,1H3. The Morgan fingerprint density at radius 3 is 2.54 bits per heavy atom. The van der Waals surface area contributed by atoms with Crippen LogP contribution in [0.4, 0.5) is 4.39 Å². The molecule has 1 aliphatic rings. The topological polar surface area (TPSA) is 52.8 Å². The number of carbonyl (C=O) groups excluding carboxylic acids is 1.